The van der Waals surface area contributed by atoms with Gasteiger partial charge in [0.25, 0.3) is 0 Å². The number of amides is 1. The first-order chi connectivity index (χ1) is 12.3. The number of rotatable bonds is 7. The summed E-state index contributed by atoms with van der Waals surface area (Å²) in [6, 6.07) is 8.09. The second-order valence-electron chi connectivity index (χ2n) is 6.32. The molecule has 3 rings (SSSR count). The van der Waals surface area contributed by atoms with Gasteiger partial charge in [0.1, 0.15) is 0 Å². The lowest BCUT2D eigenvalue weighted by Crippen LogP contribution is -2.47. The summed E-state index contributed by atoms with van der Waals surface area (Å²) >= 11 is 1.80. The van der Waals surface area contributed by atoms with Gasteiger partial charge in [-0.3, -0.25) is 14.6 Å². The van der Waals surface area contributed by atoms with E-state index in [4.69, 9.17) is 4.74 Å². The first-order valence-electron chi connectivity index (χ1n) is 8.93. The maximum absolute atomic E-state index is 12.9. The van der Waals surface area contributed by atoms with E-state index in [1.54, 1.807) is 11.8 Å². The number of ether oxygens (including phenoxy) is 1. The van der Waals surface area contributed by atoms with Crippen molar-refractivity contribution in [3.63, 3.8) is 0 Å². The molecule has 1 aromatic rings. The molecule has 2 heterocycles. The summed E-state index contributed by atoms with van der Waals surface area (Å²) in [5.74, 6) is 1.04. The molecule has 0 atom stereocenters. The van der Waals surface area contributed by atoms with Crippen LogP contribution in [0.4, 0.5) is 5.69 Å². The Morgan fingerprint density at radius 3 is 2.80 bits per heavy atom. The van der Waals surface area contributed by atoms with E-state index < -0.39 is 0 Å². The van der Waals surface area contributed by atoms with Gasteiger partial charge in [-0.2, -0.15) is 0 Å². The zero-order chi connectivity index (χ0) is 17.5. The van der Waals surface area contributed by atoms with E-state index >= 15 is 0 Å². The summed E-state index contributed by atoms with van der Waals surface area (Å²) in [6.45, 7) is 6.83. The standard InChI is InChI=1S/C18H27N3O3S/c22-11-7-20(6-5-19-8-12-24-13-9-19)15-18(23)21-10-14-25-17-4-2-1-3-16(17)21/h1-4,22H,5-15H2. The number of para-hydroxylation sites is 1. The fourth-order valence-electron chi connectivity index (χ4n) is 3.22. The Balaban J connectivity index is 1.57. The van der Waals surface area contributed by atoms with Crippen molar-refractivity contribution in [2.45, 2.75) is 4.90 Å². The number of hydrogen-bond donors (Lipinski definition) is 1. The Morgan fingerprint density at radius 1 is 1.20 bits per heavy atom. The second kappa shape index (κ2) is 9.54. The largest absolute Gasteiger partial charge is 0.395 e. The van der Waals surface area contributed by atoms with E-state index in [0.29, 0.717) is 13.1 Å². The summed E-state index contributed by atoms with van der Waals surface area (Å²) in [4.78, 5) is 20.3. The van der Waals surface area contributed by atoms with Gasteiger partial charge in [0.15, 0.2) is 0 Å². The molecule has 1 N–H and O–H groups in total. The first-order valence-corrected chi connectivity index (χ1v) is 9.92. The molecule has 1 saturated heterocycles. The lowest BCUT2D eigenvalue weighted by molar-refractivity contribution is -0.119. The zero-order valence-corrected chi connectivity index (χ0v) is 15.4. The van der Waals surface area contributed by atoms with Gasteiger partial charge in [-0.05, 0) is 12.1 Å². The molecule has 0 aliphatic carbocycles. The van der Waals surface area contributed by atoms with Crippen LogP contribution in [0.15, 0.2) is 29.2 Å². The van der Waals surface area contributed by atoms with Crippen LogP contribution >= 0.6 is 11.8 Å². The minimum atomic E-state index is 0.0723. The lowest BCUT2D eigenvalue weighted by atomic mass is 10.2. The lowest BCUT2D eigenvalue weighted by Gasteiger charge is -2.32. The van der Waals surface area contributed by atoms with Crippen LogP contribution in [0, 0.1) is 0 Å². The molecule has 6 nitrogen and oxygen atoms in total. The molecule has 0 radical (unpaired) electrons. The highest BCUT2D eigenvalue weighted by atomic mass is 32.2. The minimum absolute atomic E-state index is 0.0723. The molecule has 7 heteroatoms. The van der Waals surface area contributed by atoms with E-state index in [-0.39, 0.29) is 12.5 Å². The molecule has 0 spiro atoms. The van der Waals surface area contributed by atoms with Gasteiger partial charge in [0.2, 0.25) is 5.91 Å². The highest BCUT2D eigenvalue weighted by Crippen LogP contribution is 2.34. The maximum atomic E-state index is 12.9. The third-order valence-corrected chi connectivity index (χ3v) is 5.68. The number of benzene rings is 1. The maximum Gasteiger partial charge on any atom is 0.241 e. The smallest absolute Gasteiger partial charge is 0.241 e. The van der Waals surface area contributed by atoms with Crippen molar-refractivity contribution in [3.8, 4) is 0 Å². The second-order valence-corrected chi connectivity index (χ2v) is 7.45. The molecule has 0 unspecified atom stereocenters. The Morgan fingerprint density at radius 2 is 2.00 bits per heavy atom. The molecule has 138 valence electrons. The van der Waals surface area contributed by atoms with Crippen LogP contribution < -0.4 is 4.90 Å². The van der Waals surface area contributed by atoms with Crippen LogP contribution in [0.2, 0.25) is 0 Å². The van der Waals surface area contributed by atoms with Gasteiger partial charge < -0.3 is 14.7 Å². The Kier molecular flexibility index (Phi) is 7.12. The number of morpholine rings is 1. The molecular formula is C18H27N3O3S. The van der Waals surface area contributed by atoms with Crippen molar-refractivity contribution in [2.75, 3.05) is 76.3 Å². The number of aliphatic hydroxyl groups excluding tert-OH is 1. The van der Waals surface area contributed by atoms with Crippen molar-refractivity contribution < 1.29 is 14.6 Å². The summed E-state index contributed by atoms with van der Waals surface area (Å²) in [5, 5.41) is 9.35. The van der Waals surface area contributed by atoms with Gasteiger partial charge in [0.05, 0.1) is 32.1 Å². The molecule has 25 heavy (non-hydrogen) atoms. The molecule has 2 aliphatic heterocycles. The number of anilines is 1. The molecule has 0 bridgehead atoms. The molecule has 2 aliphatic rings. The van der Waals surface area contributed by atoms with Gasteiger partial charge in [-0.1, -0.05) is 12.1 Å². The molecule has 1 aromatic carbocycles. The first kappa shape index (κ1) is 18.7. The molecular weight excluding hydrogens is 338 g/mol. The predicted molar refractivity (Wildman–Crippen MR) is 100 cm³/mol. The zero-order valence-electron chi connectivity index (χ0n) is 14.6. The van der Waals surface area contributed by atoms with Gasteiger partial charge in [-0.25, -0.2) is 0 Å². The highest BCUT2D eigenvalue weighted by Gasteiger charge is 2.24. The van der Waals surface area contributed by atoms with E-state index in [1.165, 1.54) is 4.90 Å². The SMILES string of the molecule is O=C(CN(CCO)CCN1CCOCC1)N1CCSc2ccccc21. The highest BCUT2D eigenvalue weighted by molar-refractivity contribution is 7.99. The number of carbonyl (C=O) groups is 1. The number of nitrogens with zero attached hydrogens (tertiary/aromatic N) is 3. The van der Waals surface area contributed by atoms with Gasteiger partial charge in [0, 0.05) is 49.9 Å². The summed E-state index contributed by atoms with van der Waals surface area (Å²) in [6.07, 6.45) is 0. The fraction of sp³-hybridized carbons (Fsp3) is 0.611. The summed E-state index contributed by atoms with van der Waals surface area (Å²) in [5.41, 5.74) is 1.01. The van der Waals surface area contributed by atoms with Crippen molar-refractivity contribution in [1.82, 2.24) is 9.80 Å². The Hall–Kier alpha value is -1.12. The third-order valence-electron chi connectivity index (χ3n) is 4.64. The molecule has 1 fully saturated rings. The summed E-state index contributed by atoms with van der Waals surface area (Å²) in [7, 11) is 0. The third kappa shape index (κ3) is 5.18. The van der Waals surface area contributed by atoms with Gasteiger partial charge >= 0.3 is 0 Å². The van der Waals surface area contributed by atoms with Crippen LogP contribution in [-0.4, -0.2) is 92.2 Å². The van der Waals surface area contributed by atoms with Crippen LogP contribution in [0.5, 0.6) is 0 Å². The normalized spacial score (nSPS) is 18.4. The van der Waals surface area contributed by atoms with E-state index in [9.17, 15) is 9.90 Å². The summed E-state index contributed by atoms with van der Waals surface area (Å²) < 4.78 is 5.37. The Labute approximate surface area is 153 Å². The van der Waals surface area contributed by atoms with Gasteiger partial charge in [-0.15, -0.1) is 11.8 Å². The van der Waals surface area contributed by atoms with Crippen molar-refractivity contribution >= 4 is 23.4 Å². The van der Waals surface area contributed by atoms with E-state index in [1.807, 2.05) is 23.1 Å². The van der Waals surface area contributed by atoms with Crippen LogP contribution in [0.1, 0.15) is 0 Å². The monoisotopic (exact) mass is 365 g/mol. The number of hydrogen-bond acceptors (Lipinski definition) is 6. The molecule has 0 aromatic heterocycles. The van der Waals surface area contributed by atoms with E-state index in [0.717, 1.165) is 57.4 Å². The predicted octanol–water partition coefficient (Wildman–Crippen LogP) is 0.752. The Bertz CT molecular complexity index is 566. The topological polar surface area (TPSA) is 56.3 Å². The van der Waals surface area contributed by atoms with Crippen LogP contribution in [0.3, 0.4) is 0 Å². The quantitative estimate of drug-likeness (QED) is 0.770. The van der Waals surface area contributed by atoms with Crippen molar-refractivity contribution in [3.05, 3.63) is 24.3 Å². The number of carbonyl (C=O) groups excluding carboxylic acids is 1. The van der Waals surface area contributed by atoms with Crippen molar-refractivity contribution in [1.29, 1.82) is 0 Å². The fourth-order valence-corrected chi connectivity index (χ4v) is 4.22. The van der Waals surface area contributed by atoms with Crippen LogP contribution in [-0.2, 0) is 9.53 Å². The van der Waals surface area contributed by atoms with Crippen LogP contribution in [0.25, 0.3) is 0 Å². The number of aliphatic hydroxyl groups is 1. The number of fused-ring (bicyclic) bond motifs is 1. The van der Waals surface area contributed by atoms with E-state index in [2.05, 4.69) is 15.9 Å². The van der Waals surface area contributed by atoms with Crippen molar-refractivity contribution in [2.24, 2.45) is 0 Å². The molecule has 0 saturated carbocycles. The number of thioether (sulfide) groups is 1. The average molecular weight is 365 g/mol. The average Bonchev–Trinajstić information content (AvgIpc) is 2.66. The minimum Gasteiger partial charge on any atom is -0.395 e. The molecule has 1 amide bonds.